The Kier molecular flexibility index (Phi) is 7.72. The summed E-state index contributed by atoms with van der Waals surface area (Å²) in [6.45, 7) is 6.42. The average Bonchev–Trinajstić information content (AvgIpc) is 2.42. The molecule has 0 heterocycles. The van der Waals surface area contributed by atoms with Crippen LogP contribution in [0.5, 0.6) is 0 Å². The van der Waals surface area contributed by atoms with Crippen molar-refractivity contribution in [2.75, 3.05) is 40.3 Å². The predicted molar refractivity (Wildman–Crippen MR) is 81.3 cm³/mol. The number of hydrogen-bond donors (Lipinski definition) is 1. The zero-order chi connectivity index (χ0) is 14.1. The van der Waals surface area contributed by atoms with Gasteiger partial charge in [0.15, 0.2) is 0 Å². The minimum absolute atomic E-state index is 0.343. The molecule has 1 aromatic rings. The minimum Gasteiger partial charge on any atom is -0.388 e. The fraction of sp³-hybridized carbons (Fsp3) is 0.625. The van der Waals surface area contributed by atoms with Gasteiger partial charge in [-0.25, -0.2) is 0 Å². The van der Waals surface area contributed by atoms with Crippen molar-refractivity contribution in [2.24, 2.45) is 0 Å². The molecule has 0 amide bonds. The Morgan fingerprint density at radius 3 is 2.32 bits per heavy atom. The van der Waals surface area contributed by atoms with Crippen molar-refractivity contribution >= 4 is 0 Å². The Labute approximate surface area is 117 Å². The van der Waals surface area contributed by atoms with Crippen molar-refractivity contribution in [1.82, 2.24) is 9.80 Å². The second-order valence-corrected chi connectivity index (χ2v) is 5.31. The van der Waals surface area contributed by atoms with Crippen LogP contribution in [0.3, 0.4) is 0 Å². The molecule has 0 bridgehead atoms. The molecule has 1 atom stereocenters. The van der Waals surface area contributed by atoms with Gasteiger partial charge in [-0.2, -0.15) is 0 Å². The monoisotopic (exact) mass is 264 g/mol. The third kappa shape index (κ3) is 6.71. The van der Waals surface area contributed by atoms with Gasteiger partial charge in [0, 0.05) is 6.54 Å². The zero-order valence-corrected chi connectivity index (χ0v) is 12.5. The lowest BCUT2D eigenvalue weighted by Crippen LogP contribution is -2.29. The molecule has 0 fully saturated rings. The van der Waals surface area contributed by atoms with E-state index in [9.17, 15) is 5.11 Å². The summed E-state index contributed by atoms with van der Waals surface area (Å²) < 4.78 is 0. The average molecular weight is 264 g/mol. The topological polar surface area (TPSA) is 26.7 Å². The molecule has 0 saturated heterocycles. The van der Waals surface area contributed by atoms with Crippen LogP contribution in [0.1, 0.15) is 31.4 Å². The summed E-state index contributed by atoms with van der Waals surface area (Å²) in [4.78, 5) is 4.63. The van der Waals surface area contributed by atoms with Crippen LogP contribution in [0.4, 0.5) is 0 Å². The summed E-state index contributed by atoms with van der Waals surface area (Å²) in [5, 5.41) is 10.1. The van der Waals surface area contributed by atoms with Crippen LogP contribution >= 0.6 is 0 Å². The van der Waals surface area contributed by atoms with E-state index >= 15 is 0 Å². The van der Waals surface area contributed by atoms with Crippen LogP contribution in [0.2, 0.25) is 0 Å². The van der Waals surface area contributed by atoms with Crippen LogP contribution in [-0.4, -0.2) is 55.2 Å². The van der Waals surface area contributed by atoms with Crippen LogP contribution in [0.15, 0.2) is 30.3 Å². The van der Waals surface area contributed by atoms with Crippen LogP contribution in [0.25, 0.3) is 0 Å². The smallest absolute Gasteiger partial charge is 0.0802 e. The lowest BCUT2D eigenvalue weighted by Gasteiger charge is -2.23. The number of rotatable bonds is 9. The first-order chi connectivity index (χ1) is 9.13. The van der Waals surface area contributed by atoms with Gasteiger partial charge in [0.2, 0.25) is 0 Å². The van der Waals surface area contributed by atoms with Gasteiger partial charge in [-0.1, -0.05) is 37.3 Å². The molecule has 3 nitrogen and oxygen atoms in total. The fourth-order valence-corrected chi connectivity index (χ4v) is 2.19. The molecule has 0 saturated carbocycles. The SMILES string of the molecule is CCN(CCCN(C)C)CCC(O)c1ccccc1. The van der Waals surface area contributed by atoms with Crippen LogP contribution in [-0.2, 0) is 0 Å². The van der Waals surface area contributed by atoms with Gasteiger partial charge in [0.25, 0.3) is 0 Å². The predicted octanol–water partition coefficient (Wildman–Crippen LogP) is 2.38. The van der Waals surface area contributed by atoms with E-state index in [-0.39, 0.29) is 6.10 Å². The van der Waals surface area contributed by atoms with E-state index in [4.69, 9.17) is 0 Å². The molecule has 1 N–H and O–H groups in total. The maximum absolute atomic E-state index is 10.1. The summed E-state index contributed by atoms with van der Waals surface area (Å²) in [5.41, 5.74) is 1.02. The Balaban J connectivity index is 2.28. The van der Waals surface area contributed by atoms with Gasteiger partial charge in [0.1, 0.15) is 0 Å². The van der Waals surface area contributed by atoms with E-state index in [1.165, 1.54) is 6.42 Å². The molecular formula is C16H28N2O. The van der Waals surface area contributed by atoms with Crippen LogP contribution in [0, 0.1) is 0 Å². The Morgan fingerprint density at radius 1 is 1.05 bits per heavy atom. The van der Waals surface area contributed by atoms with Crippen molar-refractivity contribution < 1.29 is 5.11 Å². The fourth-order valence-electron chi connectivity index (χ4n) is 2.19. The lowest BCUT2D eigenvalue weighted by atomic mass is 10.1. The number of aliphatic hydroxyl groups is 1. The first-order valence-corrected chi connectivity index (χ1v) is 7.23. The first kappa shape index (κ1) is 16.2. The van der Waals surface area contributed by atoms with E-state index in [1.54, 1.807) is 0 Å². The summed E-state index contributed by atoms with van der Waals surface area (Å²) in [6, 6.07) is 9.93. The molecular weight excluding hydrogens is 236 g/mol. The highest BCUT2D eigenvalue weighted by atomic mass is 16.3. The molecule has 0 spiro atoms. The second-order valence-electron chi connectivity index (χ2n) is 5.31. The van der Waals surface area contributed by atoms with Crippen molar-refractivity contribution in [3.05, 3.63) is 35.9 Å². The van der Waals surface area contributed by atoms with E-state index in [1.807, 2.05) is 30.3 Å². The molecule has 0 radical (unpaired) electrons. The van der Waals surface area contributed by atoms with Gasteiger partial charge in [-0.3, -0.25) is 0 Å². The quantitative estimate of drug-likeness (QED) is 0.742. The maximum atomic E-state index is 10.1. The third-order valence-electron chi connectivity index (χ3n) is 3.43. The van der Waals surface area contributed by atoms with Crippen molar-refractivity contribution in [3.8, 4) is 0 Å². The van der Waals surface area contributed by atoms with Crippen molar-refractivity contribution in [3.63, 3.8) is 0 Å². The van der Waals surface area contributed by atoms with Gasteiger partial charge in [0.05, 0.1) is 6.10 Å². The molecule has 0 aromatic heterocycles. The number of hydrogen-bond acceptors (Lipinski definition) is 3. The highest BCUT2D eigenvalue weighted by Gasteiger charge is 2.09. The van der Waals surface area contributed by atoms with E-state index in [0.29, 0.717) is 0 Å². The maximum Gasteiger partial charge on any atom is 0.0802 e. The largest absolute Gasteiger partial charge is 0.388 e. The lowest BCUT2D eigenvalue weighted by molar-refractivity contribution is 0.142. The molecule has 1 unspecified atom stereocenters. The number of nitrogens with zero attached hydrogens (tertiary/aromatic N) is 2. The van der Waals surface area contributed by atoms with E-state index < -0.39 is 0 Å². The summed E-state index contributed by atoms with van der Waals surface area (Å²) in [7, 11) is 4.21. The molecule has 1 aromatic carbocycles. The normalized spacial score (nSPS) is 13.2. The highest BCUT2D eigenvalue weighted by molar-refractivity contribution is 5.17. The first-order valence-electron chi connectivity index (χ1n) is 7.23. The third-order valence-corrected chi connectivity index (χ3v) is 3.43. The zero-order valence-electron chi connectivity index (χ0n) is 12.5. The van der Waals surface area contributed by atoms with Crippen molar-refractivity contribution in [2.45, 2.75) is 25.9 Å². The summed E-state index contributed by atoms with van der Waals surface area (Å²) in [6.07, 6.45) is 1.64. The van der Waals surface area contributed by atoms with Gasteiger partial charge in [-0.15, -0.1) is 0 Å². The molecule has 1 rings (SSSR count). The van der Waals surface area contributed by atoms with E-state index in [2.05, 4.69) is 30.8 Å². The second kappa shape index (κ2) is 9.08. The standard InChI is InChI=1S/C16H28N2O/c1-4-18(13-8-12-17(2)3)14-11-16(19)15-9-6-5-7-10-15/h5-7,9-10,16,19H,4,8,11-14H2,1-3H3. The Hall–Kier alpha value is -0.900. The molecule has 108 valence electrons. The molecule has 0 aliphatic heterocycles. The van der Waals surface area contributed by atoms with Gasteiger partial charge in [-0.05, 0) is 52.1 Å². The van der Waals surface area contributed by atoms with E-state index in [0.717, 1.165) is 38.2 Å². The molecule has 0 aliphatic rings. The summed E-state index contributed by atoms with van der Waals surface area (Å²) in [5.74, 6) is 0. The van der Waals surface area contributed by atoms with Crippen molar-refractivity contribution in [1.29, 1.82) is 0 Å². The highest BCUT2D eigenvalue weighted by Crippen LogP contribution is 2.16. The van der Waals surface area contributed by atoms with Crippen LogP contribution < -0.4 is 0 Å². The molecule has 3 heteroatoms. The molecule has 0 aliphatic carbocycles. The van der Waals surface area contributed by atoms with Gasteiger partial charge >= 0.3 is 0 Å². The Bertz CT molecular complexity index is 327. The number of aliphatic hydroxyl groups excluding tert-OH is 1. The minimum atomic E-state index is -0.343. The molecule has 19 heavy (non-hydrogen) atoms. The summed E-state index contributed by atoms with van der Waals surface area (Å²) >= 11 is 0. The van der Waals surface area contributed by atoms with Gasteiger partial charge < -0.3 is 14.9 Å². The Morgan fingerprint density at radius 2 is 1.74 bits per heavy atom. The number of benzene rings is 1.